The van der Waals surface area contributed by atoms with Crippen LogP contribution in [0.1, 0.15) is 32.8 Å². The Labute approximate surface area is 121 Å². The van der Waals surface area contributed by atoms with Gasteiger partial charge in [0.15, 0.2) is 0 Å². The Bertz CT molecular complexity index is 472. The highest BCUT2D eigenvalue weighted by Crippen LogP contribution is 2.52. The molecule has 1 heterocycles. The van der Waals surface area contributed by atoms with Crippen LogP contribution < -0.4 is 10.1 Å². The van der Waals surface area contributed by atoms with Crippen LogP contribution in [0.3, 0.4) is 0 Å². The molecule has 2 fully saturated rings. The molecule has 1 aromatic carbocycles. The molecule has 0 aromatic heterocycles. The van der Waals surface area contributed by atoms with Crippen molar-refractivity contribution in [2.75, 3.05) is 13.2 Å². The molecule has 3 atom stereocenters. The van der Waals surface area contributed by atoms with Gasteiger partial charge in [-0.2, -0.15) is 0 Å². The maximum Gasteiger partial charge on any atom is 0.123 e. The molecular weight excluding hydrogens is 250 g/mol. The second kappa shape index (κ2) is 5.38. The minimum atomic E-state index is 0.238. The van der Waals surface area contributed by atoms with Crippen molar-refractivity contribution in [3.05, 3.63) is 29.8 Å². The summed E-state index contributed by atoms with van der Waals surface area (Å²) in [4.78, 5) is 0. The van der Waals surface area contributed by atoms with Crippen LogP contribution in [0, 0.1) is 11.3 Å². The monoisotopic (exact) mass is 275 g/mol. The second-order valence-corrected chi connectivity index (χ2v) is 6.46. The molecule has 0 amide bonds. The highest BCUT2D eigenvalue weighted by Gasteiger charge is 2.58. The molecule has 110 valence electrons. The van der Waals surface area contributed by atoms with Crippen molar-refractivity contribution in [3.8, 4) is 5.75 Å². The summed E-state index contributed by atoms with van der Waals surface area (Å²) in [6.45, 7) is 9.15. The predicted octanol–water partition coefficient (Wildman–Crippen LogP) is 2.99. The molecule has 20 heavy (non-hydrogen) atoms. The molecule has 1 aliphatic heterocycles. The van der Waals surface area contributed by atoms with Gasteiger partial charge in [0.25, 0.3) is 0 Å². The summed E-state index contributed by atoms with van der Waals surface area (Å²) < 4.78 is 11.5. The molecular formula is C17H25NO2. The third kappa shape index (κ3) is 2.23. The highest BCUT2D eigenvalue weighted by atomic mass is 16.5. The van der Waals surface area contributed by atoms with E-state index in [1.54, 1.807) is 0 Å². The van der Waals surface area contributed by atoms with E-state index in [1.165, 1.54) is 12.0 Å². The van der Waals surface area contributed by atoms with Gasteiger partial charge < -0.3 is 14.8 Å². The summed E-state index contributed by atoms with van der Waals surface area (Å²) in [5.74, 6) is 1.68. The summed E-state index contributed by atoms with van der Waals surface area (Å²) in [5.41, 5.74) is 1.48. The molecule has 1 aliphatic carbocycles. The van der Waals surface area contributed by atoms with E-state index >= 15 is 0 Å². The molecule has 1 aromatic rings. The Hall–Kier alpha value is -1.06. The zero-order valence-corrected chi connectivity index (χ0v) is 12.7. The predicted molar refractivity (Wildman–Crippen MR) is 79.9 cm³/mol. The SMILES string of the molecule is CCOc1ccccc1CN[C@@H]1[C@@H]2CCO[C@@H]2C1(C)C. The van der Waals surface area contributed by atoms with Crippen LogP contribution in [0.5, 0.6) is 5.75 Å². The summed E-state index contributed by atoms with van der Waals surface area (Å²) >= 11 is 0. The molecule has 0 unspecified atom stereocenters. The largest absolute Gasteiger partial charge is 0.494 e. The smallest absolute Gasteiger partial charge is 0.123 e. The quantitative estimate of drug-likeness (QED) is 0.896. The third-order valence-corrected chi connectivity index (χ3v) is 4.89. The standard InChI is InChI=1S/C17H25NO2/c1-4-19-14-8-6-5-7-12(14)11-18-15-13-9-10-20-16(13)17(15,2)3/h5-8,13,15-16,18H,4,9-11H2,1-3H3/t13-,15+,16-/m0/s1. The van der Waals surface area contributed by atoms with Crippen molar-refractivity contribution in [1.29, 1.82) is 0 Å². The molecule has 0 spiro atoms. The van der Waals surface area contributed by atoms with Gasteiger partial charge in [-0.25, -0.2) is 0 Å². The molecule has 3 nitrogen and oxygen atoms in total. The molecule has 3 heteroatoms. The molecule has 2 aliphatic rings. The van der Waals surface area contributed by atoms with E-state index in [-0.39, 0.29) is 5.41 Å². The van der Waals surface area contributed by atoms with Gasteiger partial charge in [0.2, 0.25) is 0 Å². The van der Waals surface area contributed by atoms with Crippen molar-refractivity contribution in [3.63, 3.8) is 0 Å². The third-order valence-electron chi connectivity index (χ3n) is 4.89. The van der Waals surface area contributed by atoms with E-state index in [9.17, 15) is 0 Å². The number of nitrogens with one attached hydrogen (secondary N) is 1. The lowest BCUT2D eigenvalue weighted by Crippen LogP contribution is -2.65. The molecule has 1 saturated carbocycles. The van der Waals surface area contributed by atoms with Crippen LogP contribution >= 0.6 is 0 Å². The summed E-state index contributed by atoms with van der Waals surface area (Å²) in [6, 6.07) is 8.85. The summed E-state index contributed by atoms with van der Waals surface area (Å²) in [7, 11) is 0. The highest BCUT2D eigenvalue weighted by molar-refractivity contribution is 5.33. The van der Waals surface area contributed by atoms with E-state index < -0.39 is 0 Å². The van der Waals surface area contributed by atoms with Gasteiger partial charge in [0.05, 0.1) is 12.7 Å². The average molecular weight is 275 g/mol. The lowest BCUT2D eigenvalue weighted by atomic mass is 9.57. The Kier molecular flexibility index (Phi) is 3.74. The first-order valence-electron chi connectivity index (χ1n) is 7.70. The topological polar surface area (TPSA) is 30.5 Å². The molecule has 0 bridgehead atoms. The van der Waals surface area contributed by atoms with Crippen LogP contribution in [0.15, 0.2) is 24.3 Å². The zero-order valence-electron chi connectivity index (χ0n) is 12.7. The van der Waals surface area contributed by atoms with Gasteiger partial charge in [-0.05, 0) is 19.4 Å². The number of benzene rings is 1. The Morgan fingerprint density at radius 1 is 1.35 bits per heavy atom. The first-order valence-corrected chi connectivity index (χ1v) is 7.70. The van der Waals surface area contributed by atoms with Gasteiger partial charge in [-0.3, -0.25) is 0 Å². The van der Waals surface area contributed by atoms with Gasteiger partial charge >= 0.3 is 0 Å². The normalized spacial score (nSPS) is 30.6. The fourth-order valence-electron chi connectivity index (χ4n) is 3.90. The first kappa shape index (κ1) is 13.9. The van der Waals surface area contributed by atoms with Crippen LogP contribution in [0.4, 0.5) is 0 Å². The van der Waals surface area contributed by atoms with Crippen molar-refractivity contribution in [2.24, 2.45) is 11.3 Å². The van der Waals surface area contributed by atoms with Gasteiger partial charge in [-0.15, -0.1) is 0 Å². The van der Waals surface area contributed by atoms with E-state index in [2.05, 4.69) is 31.3 Å². The van der Waals surface area contributed by atoms with E-state index in [1.807, 2.05) is 19.1 Å². The van der Waals surface area contributed by atoms with Crippen LogP contribution in [-0.4, -0.2) is 25.4 Å². The average Bonchev–Trinajstić information content (AvgIpc) is 2.88. The van der Waals surface area contributed by atoms with Crippen LogP contribution in [-0.2, 0) is 11.3 Å². The van der Waals surface area contributed by atoms with Crippen LogP contribution in [0.25, 0.3) is 0 Å². The minimum Gasteiger partial charge on any atom is -0.494 e. The summed E-state index contributed by atoms with van der Waals surface area (Å²) in [6.07, 6.45) is 1.64. The summed E-state index contributed by atoms with van der Waals surface area (Å²) in [5, 5.41) is 3.74. The number of rotatable bonds is 5. The minimum absolute atomic E-state index is 0.238. The fraction of sp³-hybridized carbons (Fsp3) is 0.647. The first-order chi connectivity index (χ1) is 9.64. The van der Waals surface area contributed by atoms with Crippen molar-refractivity contribution in [1.82, 2.24) is 5.32 Å². The Balaban J connectivity index is 1.65. The van der Waals surface area contributed by atoms with Crippen LogP contribution in [0.2, 0.25) is 0 Å². The number of fused-ring (bicyclic) bond motifs is 1. The molecule has 0 radical (unpaired) electrons. The number of ether oxygens (including phenoxy) is 2. The Morgan fingerprint density at radius 2 is 2.15 bits per heavy atom. The lowest BCUT2D eigenvalue weighted by Gasteiger charge is -2.55. The van der Waals surface area contributed by atoms with Crippen molar-refractivity contribution >= 4 is 0 Å². The molecule has 1 saturated heterocycles. The number of hydrogen-bond donors (Lipinski definition) is 1. The zero-order chi connectivity index (χ0) is 14.2. The van der Waals surface area contributed by atoms with E-state index in [4.69, 9.17) is 9.47 Å². The van der Waals surface area contributed by atoms with E-state index in [0.717, 1.165) is 18.9 Å². The number of para-hydroxylation sites is 1. The Morgan fingerprint density at radius 3 is 2.95 bits per heavy atom. The van der Waals surface area contributed by atoms with Gasteiger partial charge in [0, 0.05) is 36.1 Å². The molecule has 1 N–H and O–H groups in total. The van der Waals surface area contributed by atoms with Gasteiger partial charge in [-0.1, -0.05) is 32.0 Å². The maximum atomic E-state index is 5.85. The lowest BCUT2D eigenvalue weighted by molar-refractivity contribution is -0.113. The second-order valence-electron chi connectivity index (χ2n) is 6.46. The van der Waals surface area contributed by atoms with Crippen molar-refractivity contribution < 1.29 is 9.47 Å². The van der Waals surface area contributed by atoms with Crippen molar-refractivity contribution in [2.45, 2.75) is 45.9 Å². The van der Waals surface area contributed by atoms with E-state index in [0.29, 0.717) is 24.7 Å². The molecule has 3 rings (SSSR count). The fourth-order valence-corrected chi connectivity index (χ4v) is 3.90. The number of hydrogen-bond acceptors (Lipinski definition) is 3. The maximum absolute atomic E-state index is 5.85. The van der Waals surface area contributed by atoms with Gasteiger partial charge in [0.1, 0.15) is 5.75 Å².